The van der Waals surface area contributed by atoms with Crippen LogP contribution in [0, 0.1) is 0 Å². The highest BCUT2D eigenvalue weighted by molar-refractivity contribution is 4.86. The topological polar surface area (TPSA) is 90.9 Å². The molecule has 2 aromatic rings. The summed E-state index contributed by atoms with van der Waals surface area (Å²) in [6.45, 7) is 2.61. The van der Waals surface area contributed by atoms with Crippen LogP contribution in [0.15, 0.2) is 36.9 Å². The quantitative estimate of drug-likeness (QED) is 0.677. The molecule has 2 heterocycles. The molecule has 4 N–H and O–H groups in total. The minimum absolute atomic E-state index is 0.123. The van der Waals surface area contributed by atoms with Gasteiger partial charge in [0.1, 0.15) is 0 Å². The Hall–Kier alpha value is -1.70. The Balaban J connectivity index is 2.28. The average Bonchev–Trinajstić information content (AvgIpc) is 3.03. The van der Waals surface area contributed by atoms with Crippen LogP contribution in [0.3, 0.4) is 0 Å². The van der Waals surface area contributed by atoms with Gasteiger partial charge in [0.25, 0.3) is 0 Å². The first-order valence-corrected chi connectivity index (χ1v) is 5.99. The fourth-order valence-corrected chi connectivity index (χ4v) is 1.96. The molecule has 2 aromatic heterocycles. The Labute approximate surface area is 106 Å². The van der Waals surface area contributed by atoms with E-state index in [0.29, 0.717) is 13.1 Å². The molecule has 98 valence electrons. The summed E-state index contributed by atoms with van der Waals surface area (Å²) >= 11 is 0. The van der Waals surface area contributed by atoms with Gasteiger partial charge in [-0.3, -0.25) is 4.90 Å². The van der Waals surface area contributed by atoms with Crippen LogP contribution in [0.1, 0.15) is 6.29 Å². The van der Waals surface area contributed by atoms with Gasteiger partial charge in [-0.05, 0) is 12.1 Å². The van der Waals surface area contributed by atoms with Crippen LogP contribution in [0.25, 0.3) is 0 Å². The zero-order chi connectivity index (χ0) is 12.8. The molecule has 0 unspecified atom stereocenters. The number of nitrogens with zero attached hydrogens (tertiary/aromatic N) is 5. The van der Waals surface area contributed by atoms with E-state index >= 15 is 0 Å². The molecule has 0 aliphatic carbocycles. The molecule has 7 nitrogen and oxygen atoms in total. The van der Waals surface area contributed by atoms with E-state index in [2.05, 4.69) is 15.1 Å². The molecule has 0 amide bonds. The maximum atomic E-state index is 5.66. The second-order valence-corrected chi connectivity index (χ2v) is 3.93. The zero-order valence-electron chi connectivity index (χ0n) is 10.3. The predicted molar refractivity (Wildman–Crippen MR) is 68.6 cm³/mol. The summed E-state index contributed by atoms with van der Waals surface area (Å²) in [5.74, 6) is 0. The normalized spacial score (nSPS) is 11.6. The van der Waals surface area contributed by atoms with E-state index in [1.807, 2.05) is 33.9 Å². The predicted octanol–water partition coefficient (Wildman–Crippen LogP) is -0.697. The van der Waals surface area contributed by atoms with Crippen molar-refractivity contribution in [1.82, 2.24) is 24.5 Å². The highest BCUT2D eigenvalue weighted by Gasteiger charge is 2.21. The maximum Gasteiger partial charge on any atom is 0.199 e. The average molecular weight is 249 g/mol. The second kappa shape index (κ2) is 6.29. The summed E-state index contributed by atoms with van der Waals surface area (Å²) in [5, 5.41) is 8.58. The molecule has 0 aromatic carbocycles. The van der Waals surface area contributed by atoms with Gasteiger partial charge in [-0.15, -0.1) is 0 Å². The van der Waals surface area contributed by atoms with Crippen LogP contribution in [0.2, 0.25) is 0 Å². The van der Waals surface area contributed by atoms with Crippen molar-refractivity contribution < 1.29 is 0 Å². The summed E-state index contributed by atoms with van der Waals surface area (Å²) < 4.78 is 3.69. The Bertz CT molecular complexity index is 382. The second-order valence-electron chi connectivity index (χ2n) is 3.93. The molecule has 0 saturated carbocycles. The molecule has 7 heteroatoms. The van der Waals surface area contributed by atoms with Crippen molar-refractivity contribution >= 4 is 0 Å². The fraction of sp³-hybridized carbons (Fsp3) is 0.455. The summed E-state index contributed by atoms with van der Waals surface area (Å²) in [7, 11) is 0. The van der Waals surface area contributed by atoms with Crippen LogP contribution in [0.4, 0.5) is 0 Å². The Morgan fingerprint density at radius 3 is 1.78 bits per heavy atom. The van der Waals surface area contributed by atoms with Crippen molar-refractivity contribution in [1.29, 1.82) is 0 Å². The van der Waals surface area contributed by atoms with Gasteiger partial charge in [0.05, 0.1) is 0 Å². The van der Waals surface area contributed by atoms with Crippen LogP contribution in [-0.4, -0.2) is 50.6 Å². The molecular formula is C11H19N7. The van der Waals surface area contributed by atoms with Crippen molar-refractivity contribution in [2.45, 2.75) is 6.29 Å². The molecule has 18 heavy (non-hydrogen) atoms. The Morgan fingerprint density at radius 2 is 1.44 bits per heavy atom. The molecule has 0 aliphatic heterocycles. The van der Waals surface area contributed by atoms with Gasteiger partial charge >= 0.3 is 0 Å². The molecule has 0 atom stereocenters. The maximum absolute atomic E-state index is 5.66. The van der Waals surface area contributed by atoms with Crippen LogP contribution < -0.4 is 11.5 Å². The number of hydrogen-bond acceptors (Lipinski definition) is 5. The third kappa shape index (κ3) is 2.76. The van der Waals surface area contributed by atoms with Gasteiger partial charge in [0, 0.05) is 51.0 Å². The summed E-state index contributed by atoms with van der Waals surface area (Å²) in [6, 6.07) is 3.78. The number of rotatable bonds is 7. The van der Waals surface area contributed by atoms with Gasteiger partial charge in [-0.2, -0.15) is 10.2 Å². The summed E-state index contributed by atoms with van der Waals surface area (Å²) in [4.78, 5) is 2.15. The first kappa shape index (κ1) is 12.7. The van der Waals surface area contributed by atoms with E-state index in [9.17, 15) is 0 Å². The fourth-order valence-electron chi connectivity index (χ4n) is 1.96. The van der Waals surface area contributed by atoms with Crippen LogP contribution in [0.5, 0.6) is 0 Å². The lowest BCUT2D eigenvalue weighted by atomic mass is 10.4. The zero-order valence-corrected chi connectivity index (χ0v) is 10.3. The third-order valence-electron chi connectivity index (χ3n) is 2.68. The van der Waals surface area contributed by atoms with Gasteiger partial charge < -0.3 is 11.5 Å². The number of aromatic nitrogens is 4. The lowest BCUT2D eigenvalue weighted by Gasteiger charge is -2.31. The highest BCUT2D eigenvalue weighted by atomic mass is 15.6. The number of nitrogens with two attached hydrogens (primary N) is 2. The van der Waals surface area contributed by atoms with Crippen molar-refractivity contribution in [3.8, 4) is 0 Å². The SMILES string of the molecule is NCCN(CCN)C(n1cccn1)n1cccn1. The van der Waals surface area contributed by atoms with Crippen LogP contribution in [-0.2, 0) is 0 Å². The van der Waals surface area contributed by atoms with E-state index in [1.54, 1.807) is 12.4 Å². The first-order chi connectivity index (χ1) is 8.86. The third-order valence-corrected chi connectivity index (χ3v) is 2.68. The van der Waals surface area contributed by atoms with E-state index in [-0.39, 0.29) is 6.29 Å². The minimum Gasteiger partial charge on any atom is -0.329 e. The number of hydrogen-bond donors (Lipinski definition) is 2. The molecule has 0 fully saturated rings. The lowest BCUT2D eigenvalue weighted by molar-refractivity contribution is 0.0958. The first-order valence-electron chi connectivity index (χ1n) is 5.99. The smallest absolute Gasteiger partial charge is 0.199 e. The molecule has 0 radical (unpaired) electrons. The molecule has 0 spiro atoms. The van der Waals surface area contributed by atoms with Crippen molar-refractivity contribution in [2.24, 2.45) is 11.5 Å². The minimum atomic E-state index is -0.123. The van der Waals surface area contributed by atoms with Gasteiger partial charge in [-0.25, -0.2) is 9.36 Å². The Kier molecular flexibility index (Phi) is 4.46. The van der Waals surface area contributed by atoms with E-state index in [4.69, 9.17) is 11.5 Å². The molecule has 2 rings (SSSR count). The molecule has 0 bridgehead atoms. The van der Waals surface area contributed by atoms with Crippen LogP contribution >= 0.6 is 0 Å². The standard InChI is InChI=1S/C11H19N7/c12-3-9-16(10-4-13)11(17-7-1-5-14-17)18-8-2-6-15-18/h1-2,5-8,11H,3-4,9-10,12-13H2. The van der Waals surface area contributed by atoms with Crippen molar-refractivity contribution in [3.05, 3.63) is 36.9 Å². The van der Waals surface area contributed by atoms with Gasteiger partial charge in [0.2, 0.25) is 0 Å². The van der Waals surface area contributed by atoms with E-state index in [1.165, 1.54) is 0 Å². The van der Waals surface area contributed by atoms with E-state index < -0.39 is 0 Å². The van der Waals surface area contributed by atoms with Crippen molar-refractivity contribution in [2.75, 3.05) is 26.2 Å². The largest absolute Gasteiger partial charge is 0.329 e. The molecule has 0 saturated heterocycles. The van der Waals surface area contributed by atoms with Gasteiger partial charge in [0.15, 0.2) is 6.29 Å². The molecule has 0 aliphatic rings. The summed E-state index contributed by atoms with van der Waals surface area (Å²) in [5.41, 5.74) is 11.3. The highest BCUT2D eigenvalue weighted by Crippen LogP contribution is 2.13. The lowest BCUT2D eigenvalue weighted by Crippen LogP contribution is -2.43. The monoisotopic (exact) mass is 249 g/mol. The Morgan fingerprint density at radius 1 is 0.944 bits per heavy atom. The van der Waals surface area contributed by atoms with Crippen molar-refractivity contribution in [3.63, 3.8) is 0 Å². The molecular weight excluding hydrogens is 230 g/mol. The van der Waals surface area contributed by atoms with Gasteiger partial charge in [-0.1, -0.05) is 0 Å². The summed E-state index contributed by atoms with van der Waals surface area (Å²) in [6.07, 6.45) is 7.19. The van der Waals surface area contributed by atoms with E-state index in [0.717, 1.165) is 13.1 Å².